The Bertz CT molecular complexity index is 377. The molecule has 16 heavy (non-hydrogen) atoms. The topological polar surface area (TPSA) is 29.1 Å². The molecule has 1 atom stereocenters. The number of hydrogen-bond acceptors (Lipinski definition) is 2. The second-order valence-electron chi connectivity index (χ2n) is 3.87. The van der Waals surface area contributed by atoms with Crippen molar-refractivity contribution in [1.29, 1.82) is 0 Å². The van der Waals surface area contributed by atoms with E-state index in [0.717, 1.165) is 28.0 Å². The highest BCUT2D eigenvalue weighted by Gasteiger charge is 2.22. The fourth-order valence-electron chi connectivity index (χ4n) is 1.71. The Hall–Kier alpha value is -0.480. The molecule has 0 bridgehead atoms. The first kappa shape index (κ1) is 12.0. The third-order valence-electron chi connectivity index (χ3n) is 2.71. The van der Waals surface area contributed by atoms with Gasteiger partial charge in [0.15, 0.2) is 0 Å². The number of halogens is 1. The maximum absolute atomic E-state index is 11.8. The van der Waals surface area contributed by atoms with Gasteiger partial charge in [-0.3, -0.25) is 4.79 Å². The van der Waals surface area contributed by atoms with Crippen LogP contribution in [0.3, 0.4) is 0 Å². The number of amides is 1. The van der Waals surface area contributed by atoms with Crippen LogP contribution >= 0.6 is 27.7 Å². The minimum atomic E-state index is 0.195. The summed E-state index contributed by atoms with van der Waals surface area (Å²) in [5.41, 5.74) is 1.13. The zero-order valence-corrected chi connectivity index (χ0v) is 11.3. The summed E-state index contributed by atoms with van der Waals surface area (Å²) in [4.78, 5) is 11.8. The molecule has 1 aliphatic rings. The van der Waals surface area contributed by atoms with E-state index >= 15 is 0 Å². The first-order valence-corrected chi connectivity index (χ1v) is 7.31. The Kier molecular flexibility index (Phi) is 4.29. The smallest absolute Gasteiger partial charge is 0.224 e. The lowest BCUT2D eigenvalue weighted by Gasteiger charge is -2.10. The number of nitrogens with one attached hydrogen (secondary N) is 1. The molecule has 86 valence electrons. The highest BCUT2D eigenvalue weighted by molar-refractivity contribution is 9.10. The first-order valence-electron chi connectivity index (χ1n) is 5.36. The standard InChI is InChI=1S/C12H14BrNOS/c13-11-4-2-1-3-9(11)7-14-12(15)10-5-6-16-8-10/h1-4,10H,5-8H2,(H,14,15). The lowest BCUT2D eigenvalue weighted by Crippen LogP contribution is -2.30. The van der Waals surface area contributed by atoms with Crippen LogP contribution in [0.5, 0.6) is 0 Å². The summed E-state index contributed by atoms with van der Waals surface area (Å²) in [6.07, 6.45) is 1.02. The lowest BCUT2D eigenvalue weighted by molar-refractivity contribution is -0.124. The van der Waals surface area contributed by atoms with Crippen LogP contribution in [0, 0.1) is 5.92 Å². The molecule has 0 aromatic heterocycles. The molecule has 0 aliphatic carbocycles. The van der Waals surface area contributed by atoms with Crippen LogP contribution in [0.4, 0.5) is 0 Å². The second-order valence-corrected chi connectivity index (χ2v) is 5.87. The molecule has 2 rings (SSSR count). The van der Waals surface area contributed by atoms with Gasteiger partial charge < -0.3 is 5.32 Å². The molecule has 1 amide bonds. The van der Waals surface area contributed by atoms with Gasteiger partial charge in [0.1, 0.15) is 0 Å². The zero-order valence-electron chi connectivity index (χ0n) is 8.91. The van der Waals surface area contributed by atoms with Crippen molar-refractivity contribution >= 4 is 33.6 Å². The molecule has 0 radical (unpaired) electrons. The summed E-state index contributed by atoms with van der Waals surface area (Å²) in [5.74, 6) is 2.50. The van der Waals surface area contributed by atoms with Crippen molar-refractivity contribution in [1.82, 2.24) is 5.32 Å². The molecule has 1 N–H and O–H groups in total. The predicted molar refractivity (Wildman–Crippen MR) is 71.4 cm³/mol. The molecule has 1 fully saturated rings. The highest BCUT2D eigenvalue weighted by atomic mass is 79.9. The van der Waals surface area contributed by atoms with E-state index in [2.05, 4.69) is 21.2 Å². The van der Waals surface area contributed by atoms with Crippen LogP contribution in [0.15, 0.2) is 28.7 Å². The monoisotopic (exact) mass is 299 g/mol. The summed E-state index contributed by atoms with van der Waals surface area (Å²) in [7, 11) is 0. The summed E-state index contributed by atoms with van der Waals surface area (Å²) in [5, 5.41) is 3.00. The van der Waals surface area contributed by atoms with Gasteiger partial charge in [-0.15, -0.1) is 0 Å². The molecule has 2 nitrogen and oxygen atoms in total. The summed E-state index contributed by atoms with van der Waals surface area (Å²) in [6.45, 7) is 0.613. The maximum atomic E-state index is 11.8. The highest BCUT2D eigenvalue weighted by Crippen LogP contribution is 2.23. The van der Waals surface area contributed by atoms with Crippen LogP contribution in [0.1, 0.15) is 12.0 Å². The molecule has 0 saturated carbocycles. The van der Waals surface area contributed by atoms with E-state index in [-0.39, 0.29) is 11.8 Å². The van der Waals surface area contributed by atoms with Gasteiger partial charge in [-0.25, -0.2) is 0 Å². The van der Waals surface area contributed by atoms with E-state index in [1.54, 1.807) is 0 Å². The SMILES string of the molecule is O=C(NCc1ccccc1Br)C1CCSC1. The van der Waals surface area contributed by atoms with Crippen LogP contribution in [0.25, 0.3) is 0 Å². The van der Waals surface area contributed by atoms with E-state index in [1.807, 2.05) is 36.0 Å². The van der Waals surface area contributed by atoms with Crippen LogP contribution < -0.4 is 5.32 Å². The lowest BCUT2D eigenvalue weighted by atomic mass is 10.1. The molecule has 1 aromatic rings. The third-order valence-corrected chi connectivity index (χ3v) is 4.65. The number of thioether (sulfide) groups is 1. The molecule has 1 unspecified atom stereocenters. The van der Waals surface area contributed by atoms with Gasteiger partial charge in [0.25, 0.3) is 0 Å². The number of rotatable bonds is 3. The Balaban J connectivity index is 1.87. The quantitative estimate of drug-likeness (QED) is 0.930. The first-order chi connectivity index (χ1) is 7.77. The molecule has 1 aromatic carbocycles. The van der Waals surface area contributed by atoms with E-state index in [4.69, 9.17) is 0 Å². The molecule has 4 heteroatoms. The number of carbonyl (C=O) groups is 1. The number of carbonyl (C=O) groups excluding carboxylic acids is 1. The zero-order chi connectivity index (χ0) is 11.4. The third kappa shape index (κ3) is 3.01. The van der Waals surface area contributed by atoms with E-state index < -0.39 is 0 Å². The van der Waals surface area contributed by atoms with Gasteiger partial charge in [-0.1, -0.05) is 34.1 Å². The van der Waals surface area contributed by atoms with Gasteiger partial charge in [-0.05, 0) is 23.8 Å². The largest absolute Gasteiger partial charge is 0.352 e. The van der Waals surface area contributed by atoms with E-state index in [9.17, 15) is 4.79 Å². The van der Waals surface area contributed by atoms with Gasteiger partial charge in [0.2, 0.25) is 5.91 Å². The van der Waals surface area contributed by atoms with Crippen molar-refractivity contribution < 1.29 is 4.79 Å². The molecule has 1 aliphatic heterocycles. The van der Waals surface area contributed by atoms with Gasteiger partial charge in [0.05, 0.1) is 0 Å². The van der Waals surface area contributed by atoms with Crippen LogP contribution in [0.2, 0.25) is 0 Å². The number of benzene rings is 1. The fourth-order valence-corrected chi connectivity index (χ4v) is 3.36. The average Bonchev–Trinajstić information content (AvgIpc) is 2.81. The molecule has 1 saturated heterocycles. The van der Waals surface area contributed by atoms with Crippen molar-refractivity contribution in [2.45, 2.75) is 13.0 Å². The summed E-state index contributed by atoms with van der Waals surface area (Å²) < 4.78 is 1.05. The average molecular weight is 300 g/mol. The molecule has 1 heterocycles. The minimum absolute atomic E-state index is 0.195. The maximum Gasteiger partial charge on any atom is 0.224 e. The van der Waals surface area contributed by atoms with Crippen molar-refractivity contribution in [2.75, 3.05) is 11.5 Å². The van der Waals surface area contributed by atoms with Crippen molar-refractivity contribution in [3.05, 3.63) is 34.3 Å². The van der Waals surface area contributed by atoms with Gasteiger partial charge in [-0.2, -0.15) is 11.8 Å². The predicted octanol–water partition coefficient (Wildman–Crippen LogP) is 2.82. The number of hydrogen-bond donors (Lipinski definition) is 1. The van der Waals surface area contributed by atoms with Crippen molar-refractivity contribution in [3.8, 4) is 0 Å². The van der Waals surface area contributed by atoms with Gasteiger partial charge in [0, 0.05) is 22.7 Å². The van der Waals surface area contributed by atoms with Crippen molar-refractivity contribution in [3.63, 3.8) is 0 Å². The Morgan fingerprint density at radius 3 is 3.00 bits per heavy atom. The Morgan fingerprint density at radius 2 is 2.31 bits per heavy atom. The van der Waals surface area contributed by atoms with E-state index in [1.165, 1.54) is 0 Å². The molecular weight excluding hydrogens is 286 g/mol. The molecular formula is C12H14BrNOS. The van der Waals surface area contributed by atoms with Crippen molar-refractivity contribution in [2.24, 2.45) is 5.92 Å². The Labute approximate surface area is 108 Å². The van der Waals surface area contributed by atoms with E-state index in [0.29, 0.717) is 6.54 Å². The minimum Gasteiger partial charge on any atom is -0.352 e. The fraction of sp³-hybridized carbons (Fsp3) is 0.417. The second kappa shape index (κ2) is 5.73. The normalized spacial score (nSPS) is 19.7. The molecule has 0 spiro atoms. The van der Waals surface area contributed by atoms with Gasteiger partial charge >= 0.3 is 0 Å². The summed E-state index contributed by atoms with van der Waals surface area (Å²) in [6, 6.07) is 7.97. The Morgan fingerprint density at radius 1 is 1.50 bits per heavy atom. The van der Waals surface area contributed by atoms with Crippen LogP contribution in [-0.2, 0) is 11.3 Å². The van der Waals surface area contributed by atoms with Crippen LogP contribution in [-0.4, -0.2) is 17.4 Å². The summed E-state index contributed by atoms with van der Waals surface area (Å²) >= 11 is 5.34.